The second-order valence-corrected chi connectivity index (χ2v) is 8.91. The molecule has 0 amide bonds. The first-order chi connectivity index (χ1) is 10.4. The minimum absolute atomic E-state index is 0.146. The summed E-state index contributed by atoms with van der Waals surface area (Å²) in [4.78, 5) is 11.9. The first-order valence-corrected chi connectivity index (χ1v) is 10.4. The van der Waals surface area contributed by atoms with Crippen LogP contribution in [0.3, 0.4) is 0 Å². The normalized spacial score (nSPS) is 12.9. The number of carbonyl (C=O) groups excluding carboxylic acids is 1. The van der Waals surface area contributed by atoms with Crippen molar-refractivity contribution in [2.45, 2.75) is 45.8 Å². The van der Waals surface area contributed by atoms with E-state index in [1.807, 2.05) is 30.3 Å². The van der Waals surface area contributed by atoms with Gasteiger partial charge in [-0.1, -0.05) is 46.3 Å². The molecule has 1 atom stereocenters. The van der Waals surface area contributed by atoms with Gasteiger partial charge in [0.1, 0.15) is 6.61 Å². The number of carbonyl (C=O) groups is 1. The number of hydrogen-bond donors (Lipinski definition) is 0. The SMILES string of the molecule is CC(C)(C)OP(CCCBr)CCC(=O)OCc1ccccc1. The molecule has 1 rings (SSSR count). The van der Waals surface area contributed by atoms with Gasteiger partial charge in [0.2, 0.25) is 0 Å². The van der Waals surface area contributed by atoms with Crippen molar-refractivity contribution in [2.75, 3.05) is 17.7 Å². The summed E-state index contributed by atoms with van der Waals surface area (Å²) in [7, 11) is -0.583. The van der Waals surface area contributed by atoms with Crippen molar-refractivity contribution in [3.05, 3.63) is 35.9 Å². The van der Waals surface area contributed by atoms with Crippen molar-refractivity contribution in [1.29, 1.82) is 0 Å². The molecule has 0 aliphatic carbocycles. The average molecular weight is 389 g/mol. The highest BCUT2D eigenvalue weighted by Crippen LogP contribution is 2.42. The summed E-state index contributed by atoms with van der Waals surface area (Å²) in [6.45, 7) is 6.53. The molecule has 0 fully saturated rings. The number of alkyl halides is 1. The van der Waals surface area contributed by atoms with Gasteiger partial charge in [-0.2, -0.15) is 0 Å². The predicted octanol–water partition coefficient (Wildman–Crippen LogP) is 5.12. The molecule has 0 spiro atoms. The summed E-state index contributed by atoms with van der Waals surface area (Å²) in [6, 6.07) is 9.75. The van der Waals surface area contributed by atoms with Crippen LogP contribution in [-0.2, 0) is 20.7 Å². The van der Waals surface area contributed by atoms with Gasteiger partial charge < -0.3 is 9.26 Å². The van der Waals surface area contributed by atoms with E-state index in [2.05, 4.69) is 36.7 Å². The molecule has 0 radical (unpaired) electrons. The van der Waals surface area contributed by atoms with E-state index in [4.69, 9.17) is 9.26 Å². The second-order valence-electron chi connectivity index (χ2n) is 6.07. The quantitative estimate of drug-likeness (QED) is 0.334. The lowest BCUT2D eigenvalue weighted by Crippen LogP contribution is -2.18. The van der Waals surface area contributed by atoms with Crippen molar-refractivity contribution in [2.24, 2.45) is 0 Å². The summed E-state index contributed by atoms with van der Waals surface area (Å²) in [6.07, 6.45) is 3.29. The van der Waals surface area contributed by atoms with E-state index < -0.39 is 8.15 Å². The Morgan fingerprint density at radius 3 is 2.45 bits per heavy atom. The lowest BCUT2D eigenvalue weighted by molar-refractivity contribution is -0.144. The molecule has 0 aliphatic heterocycles. The van der Waals surface area contributed by atoms with Crippen LogP contribution in [0.1, 0.15) is 39.2 Å². The Morgan fingerprint density at radius 1 is 1.18 bits per heavy atom. The molecule has 5 heteroatoms. The van der Waals surface area contributed by atoms with Crippen molar-refractivity contribution in [3.8, 4) is 0 Å². The lowest BCUT2D eigenvalue weighted by Gasteiger charge is -2.27. The highest BCUT2D eigenvalue weighted by molar-refractivity contribution is 9.09. The van der Waals surface area contributed by atoms with Crippen molar-refractivity contribution in [1.82, 2.24) is 0 Å². The molecular weight excluding hydrogens is 363 g/mol. The first-order valence-electron chi connectivity index (χ1n) is 7.60. The van der Waals surface area contributed by atoms with Gasteiger partial charge >= 0.3 is 5.97 Å². The molecule has 0 heterocycles. The first kappa shape index (κ1) is 19.6. The Bertz CT molecular complexity index is 431. The molecule has 1 aromatic rings. The Balaban J connectivity index is 2.34. The average Bonchev–Trinajstić information content (AvgIpc) is 2.47. The monoisotopic (exact) mass is 388 g/mol. The van der Waals surface area contributed by atoms with E-state index in [9.17, 15) is 4.79 Å². The standard InChI is InChI=1S/C17H26BrO3P/c1-17(2,3)21-22(12-7-11-18)13-10-16(19)20-14-15-8-5-4-6-9-15/h4-6,8-9H,7,10-14H2,1-3H3. The third-order valence-corrected chi connectivity index (χ3v) is 5.66. The number of ether oxygens (including phenoxy) is 1. The van der Waals surface area contributed by atoms with E-state index in [0.29, 0.717) is 13.0 Å². The van der Waals surface area contributed by atoms with Crippen LogP contribution < -0.4 is 0 Å². The van der Waals surface area contributed by atoms with Gasteiger partial charge in [0.25, 0.3) is 0 Å². The molecule has 0 saturated carbocycles. The fourth-order valence-electron chi connectivity index (χ4n) is 1.85. The third-order valence-electron chi connectivity index (χ3n) is 2.75. The van der Waals surface area contributed by atoms with E-state index in [-0.39, 0.29) is 11.6 Å². The minimum Gasteiger partial charge on any atom is -0.461 e. The molecule has 1 unspecified atom stereocenters. The predicted molar refractivity (Wildman–Crippen MR) is 96.8 cm³/mol. The van der Waals surface area contributed by atoms with Crippen LogP contribution >= 0.6 is 24.1 Å². The number of benzene rings is 1. The maximum absolute atomic E-state index is 11.9. The molecule has 22 heavy (non-hydrogen) atoms. The summed E-state index contributed by atoms with van der Waals surface area (Å²) in [5.74, 6) is -0.146. The zero-order valence-electron chi connectivity index (χ0n) is 13.7. The maximum Gasteiger partial charge on any atom is 0.306 e. The van der Waals surface area contributed by atoms with E-state index in [0.717, 1.165) is 29.6 Å². The molecule has 3 nitrogen and oxygen atoms in total. The smallest absolute Gasteiger partial charge is 0.306 e. The Kier molecular flexibility index (Phi) is 9.23. The largest absolute Gasteiger partial charge is 0.461 e. The van der Waals surface area contributed by atoms with Gasteiger partial charge in [0, 0.05) is 19.6 Å². The van der Waals surface area contributed by atoms with Crippen LogP contribution in [-0.4, -0.2) is 29.2 Å². The number of esters is 1. The molecule has 0 saturated heterocycles. The molecule has 124 valence electrons. The number of halogens is 1. The zero-order valence-corrected chi connectivity index (χ0v) is 16.2. The molecule has 0 N–H and O–H groups in total. The molecule has 0 bridgehead atoms. The number of hydrogen-bond acceptors (Lipinski definition) is 3. The molecule has 0 aromatic heterocycles. The second kappa shape index (κ2) is 10.4. The summed E-state index contributed by atoms with van der Waals surface area (Å²) >= 11 is 3.45. The number of rotatable bonds is 9. The van der Waals surface area contributed by atoms with Crippen LogP contribution in [0, 0.1) is 0 Å². The van der Waals surface area contributed by atoms with E-state index in [1.54, 1.807) is 0 Å². The van der Waals surface area contributed by atoms with Gasteiger partial charge in [-0.05, 0) is 38.9 Å². The molecular formula is C17H26BrO3P. The summed E-state index contributed by atoms with van der Waals surface area (Å²) < 4.78 is 11.4. The highest BCUT2D eigenvalue weighted by Gasteiger charge is 2.20. The van der Waals surface area contributed by atoms with Crippen LogP contribution in [0.25, 0.3) is 0 Å². The van der Waals surface area contributed by atoms with Crippen LogP contribution in [0.4, 0.5) is 0 Å². The van der Waals surface area contributed by atoms with Crippen LogP contribution in [0.15, 0.2) is 30.3 Å². The topological polar surface area (TPSA) is 35.5 Å². The minimum atomic E-state index is -0.583. The van der Waals surface area contributed by atoms with Crippen LogP contribution in [0.2, 0.25) is 0 Å². The van der Waals surface area contributed by atoms with Crippen molar-refractivity contribution < 1.29 is 14.1 Å². The molecule has 0 aliphatic rings. The Morgan fingerprint density at radius 2 is 1.86 bits per heavy atom. The van der Waals surface area contributed by atoms with Crippen molar-refractivity contribution in [3.63, 3.8) is 0 Å². The highest BCUT2D eigenvalue weighted by atomic mass is 79.9. The maximum atomic E-state index is 11.9. The Labute approximate surface area is 143 Å². The van der Waals surface area contributed by atoms with Gasteiger partial charge in [0.15, 0.2) is 0 Å². The third kappa shape index (κ3) is 9.55. The van der Waals surface area contributed by atoms with Gasteiger partial charge in [-0.15, -0.1) is 0 Å². The summed E-state index contributed by atoms with van der Waals surface area (Å²) in [5.41, 5.74) is 0.856. The fraction of sp³-hybridized carbons (Fsp3) is 0.588. The van der Waals surface area contributed by atoms with Crippen molar-refractivity contribution >= 4 is 30.0 Å². The zero-order chi connectivity index (χ0) is 16.4. The van der Waals surface area contributed by atoms with Gasteiger partial charge in [-0.25, -0.2) is 0 Å². The van der Waals surface area contributed by atoms with E-state index >= 15 is 0 Å². The Hall–Kier alpha value is -0.440. The molecule has 1 aromatic carbocycles. The van der Waals surface area contributed by atoms with Crippen LogP contribution in [0.5, 0.6) is 0 Å². The fourth-order valence-corrected chi connectivity index (χ4v) is 4.69. The lowest BCUT2D eigenvalue weighted by atomic mass is 10.2. The summed E-state index contributed by atoms with van der Waals surface area (Å²) in [5, 5.41) is 0.970. The van der Waals surface area contributed by atoms with Gasteiger partial charge in [-0.3, -0.25) is 4.79 Å². The van der Waals surface area contributed by atoms with Gasteiger partial charge in [0.05, 0.1) is 12.0 Å². The van der Waals surface area contributed by atoms with E-state index in [1.165, 1.54) is 0 Å².